The fraction of sp³-hybridized carbons (Fsp3) is 0.522. The van der Waals surface area contributed by atoms with Gasteiger partial charge < -0.3 is 19.4 Å². The minimum Gasteiger partial charge on any atom is -0.466 e. The highest BCUT2D eigenvalue weighted by Gasteiger charge is 2.30. The predicted molar refractivity (Wildman–Crippen MR) is 115 cm³/mol. The quantitative estimate of drug-likeness (QED) is 0.421. The fourth-order valence-corrected chi connectivity index (χ4v) is 4.00. The Labute approximate surface area is 178 Å². The Kier molecular flexibility index (Phi) is 7.34. The Morgan fingerprint density at radius 2 is 1.87 bits per heavy atom. The van der Waals surface area contributed by atoms with E-state index in [4.69, 9.17) is 4.74 Å². The lowest BCUT2D eigenvalue weighted by Gasteiger charge is -2.36. The van der Waals surface area contributed by atoms with Gasteiger partial charge in [-0.3, -0.25) is 9.59 Å². The van der Waals surface area contributed by atoms with Crippen molar-refractivity contribution in [1.82, 2.24) is 9.80 Å². The van der Waals surface area contributed by atoms with Crippen molar-refractivity contribution in [2.75, 3.05) is 50.8 Å². The van der Waals surface area contributed by atoms with Crippen molar-refractivity contribution in [2.24, 2.45) is 5.92 Å². The summed E-state index contributed by atoms with van der Waals surface area (Å²) in [6.07, 6.45) is 2.87. The van der Waals surface area contributed by atoms with E-state index in [0.29, 0.717) is 32.5 Å². The van der Waals surface area contributed by atoms with Crippen LogP contribution in [0.1, 0.15) is 25.3 Å². The molecule has 1 amide bonds. The minimum atomic E-state index is -0.249. The first-order valence-corrected chi connectivity index (χ1v) is 10.6. The number of piperazine rings is 1. The van der Waals surface area contributed by atoms with E-state index in [9.17, 15) is 14.9 Å². The van der Waals surface area contributed by atoms with E-state index < -0.39 is 0 Å². The van der Waals surface area contributed by atoms with Crippen LogP contribution in [0.2, 0.25) is 0 Å². The molecule has 0 unspecified atom stereocenters. The molecule has 0 aromatic heterocycles. The number of hydrogen-bond donors (Lipinski definition) is 0. The summed E-state index contributed by atoms with van der Waals surface area (Å²) in [6, 6.07) is 10.5. The smallest absolute Gasteiger partial charge is 0.309 e. The third-order valence-corrected chi connectivity index (χ3v) is 5.75. The third kappa shape index (κ3) is 5.32. The van der Waals surface area contributed by atoms with Gasteiger partial charge in [-0.05, 0) is 44.4 Å². The SMILES string of the molecule is CCOC(=O)C1CCN(C(=O)/C(C#N)=C\N2CCN(c3cccc(C)c3)CC2)CC1. The van der Waals surface area contributed by atoms with Gasteiger partial charge in [0.25, 0.3) is 5.91 Å². The monoisotopic (exact) mass is 410 g/mol. The molecule has 2 aliphatic rings. The lowest BCUT2D eigenvalue weighted by Crippen LogP contribution is -2.45. The zero-order valence-corrected chi connectivity index (χ0v) is 17.8. The van der Waals surface area contributed by atoms with Crippen LogP contribution in [0.25, 0.3) is 0 Å². The van der Waals surface area contributed by atoms with E-state index in [0.717, 1.165) is 26.2 Å². The molecule has 160 valence electrons. The number of ether oxygens (including phenoxy) is 1. The van der Waals surface area contributed by atoms with Crippen LogP contribution in [0.5, 0.6) is 0 Å². The summed E-state index contributed by atoms with van der Waals surface area (Å²) in [6.45, 7) is 8.41. The highest BCUT2D eigenvalue weighted by atomic mass is 16.5. The van der Waals surface area contributed by atoms with Crippen LogP contribution >= 0.6 is 0 Å². The molecule has 2 fully saturated rings. The Morgan fingerprint density at radius 1 is 1.17 bits per heavy atom. The summed E-state index contributed by atoms with van der Waals surface area (Å²) in [4.78, 5) is 30.7. The lowest BCUT2D eigenvalue weighted by molar-refractivity contribution is -0.150. The molecule has 7 nitrogen and oxygen atoms in total. The van der Waals surface area contributed by atoms with Gasteiger partial charge in [0.05, 0.1) is 12.5 Å². The summed E-state index contributed by atoms with van der Waals surface area (Å²) in [5.74, 6) is -0.591. The largest absolute Gasteiger partial charge is 0.466 e. The van der Waals surface area contributed by atoms with Gasteiger partial charge in [0, 0.05) is 51.2 Å². The maximum absolute atomic E-state index is 12.8. The molecule has 0 aliphatic carbocycles. The molecule has 2 heterocycles. The standard InChI is InChI=1S/C23H30N4O3/c1-3-30-23(29)19-7-9-27(10-8-19)22(28)20(16-24)17-25-11-13-26(14-12-25)21-6-4-5-18(2)15-21/h4-6,15,17,19H,3,7-14H2,1-2H3/b20-17-. The molecule has 2 aliphatic heterocycles. The van der Waals surface area contributed by atoms with Crippen molar-refractivity contribution in [1.29, 1.82) is 5.26 Å². The number of aryl methyl sites for hydroxylation is 1. The van der Waals surface area contributed by atoms with Crippen molar-refractivity contribution in [3.05, 3.63) is 41.6 Å². The number of amides is 1. The van der Waals surface area contributed by atoms with Gasteiger partial charge in [-0.2, -0.15) is 5.26 Å². The van der Waals surface area contributed by atoms with Crippen LogP contribution in [-0.4, -0.2) is 67.6 Å². The van der Waals surface area contributed by atoms with Crippen LogP contribution in [0, 0.1) is 24.2 Å². The summed E-state index contributed by atoms with van der Waals surface area (Å²) in [5, 5.41) is 9.55. The maximum Gasteiger partial charge on any atom is 0.309 e. The van der Waals surface area contributed by atoms with Gasteiger partial charge in [-0.25, -0.2) is 0 Å². The number of carbonyl (C=O) groups is 2. The molecular formula is C23H30N4O3. The third-order valence-electron chi connectivity index (χ3n) is 5.75. The molecule has 2 saturated heterocycles. The minimum absolute atomic E-state index is 0.154. The number of carbonyl (C=O) groups excluding carboxylic acids is 2. The normalized spacial score (nSPS) is 18.2. The van der Waals surface area contributed by atoms with E-state index in [1.54, 1.807) is 18.0 Å². The molecule has 0 bridgehead atoms. The molecular weight excluding hydrogens is 380 g/mol. The highest BCUT2D eigenvalue weighted by Crippen LogP contribution is 2.21. The highest BCUT2D eigenvalue weighted by molar-refractivity contribution is 5.97. The van der Waals surface area contributed by atoms with Crippen LogP contribution in [0.4, 0.5) is 5.69 Å². The first-order chi connectivity index (χ1) is 14.5. The van der Waals surface area contributed by atoms with E-state index in [-0.39, 0.29) is 23.4 Å². The van der Waals surface area contributed by atoms with Gasteiger partial charge in [-0.15, -0.1) is 0 Å². The van der Waals surface area contributed by atoms with Crippen LogP contribution in [0.3, 0.4) is 0 Å². The molecule has 30 heavy (non-hydrogen) atoms. The Morgan fingerprint density at radius 3 is 2.47 bits per heavy atom. The Balaban J connectivity index is 1.54. The molecule has 7 heteroatoms. The number of rotatable bonds is 5. The lowest BCUT2D eigenvalue weighted by atomic mass is 9.96. The number of hydrogen-bond acceptors (Lipinski definition) is 6. The topological polar surface area (TPSA) is 76.9 Å². The molecule has 0 spiro atoms. The number of likely N-dealkylation sites (tertiary alicyclic amines) is 1. The molecule has 0 radical (unpaired) electrons. The second kappa shape index (κ2) is 10.1. The number of piperidine rings is 1. The number of nitrogens with zero attached hydrogens (tertiary/aromatic N) is 4. The molecule has 0 N–H and O–H groups in total. The molecule has 0 atom stereocenters. The summed E-state index contributed by atoms with van der Waals surface area (Å²) >= 11 is 0. The van der Waals surface area contributed by atoms with Crippen molar-refractivity contribution < 1.29 is 14.3 Å². The van der Waals surface area contributed by atoms with Crippen molar-refractivity contribution in [3.63, 3.8) is 0 Å². The van der Waals surface area contributed by atoms with E-state index in [1.807, 2.05) is 4.90 Å². The molecule has 1 aromatic rings. The van der Waals surface area contributed by atoms with Gasteiger partial charge in [0.2, 0.25) is 0 Å². The summed E-state index contributed by atoms with van der Waals surface area (Å²) < 4.78 is 5.08. The van der Waals surface area contributed by atoms with Gasteiger partial charge in [0.15, 0.2) is 0 Å². The summed E-state index contributed by atoms with van der Waals surface area (Å²) in [5.41, 5.74) is 2.60. The van der Waals surface area contributed by atoms with Crippen molar-refractivity contribution in [3.8, 4) is 6.07 Å². The molecule has 1 aromatic carbocycles. The van der Waals surface area contributed by atoms with Gasteiger partial charge >= 0.3 is 5.97 Å². The van der Waals surface area contributed by atoms with Crippen LogP contribution in [0.15, 0.2) is 36.0 Å². The Bertz CT molecular complexity index is 829. The zero-order chi connectivity index (χ0) is 21.5. The molecule has 0 saturated carbocycles. The van der Waals surface area contributed by atoms with Crippen LogP contribution < -0.4 is 4.90 Å². The second-order valence-corrected chi connectivity index (χ2v) is 7.84. The predicted octanol–water partition coefficient (Wildman–Crippen LogP) is 2.33. The van der Waals surface area contributed by atoms with E-state index in [1.165, 1.54) is 11.3 Å². The van der Waals surface area contributed by atoms with Gasteiger partial charge in [-0.1, -0.05) is 12.1 Å². The zero-order valence-electron chi connectivity index (χ0n) is 17.8. The fourth-order valence-electron chi connectivity index (χ4n) is 4.00. The Hall–Kier alpha value is -3.01. The number of esters is 1. The molecule has 3 rings (SSSR count). The number of benzene rings is 1. The van der Waals surface area contributed by atoms with Crippen LogP contribution in [-0.2, 0) is 14.3 Å². The number of anilines is 1. The maximum atomic E-state index is 12.8. The van der Waals surface area contributed by atoms with Crippen molar-refractivity contribution in [2.45, 2.75) is 26.7 Å². The second-order valence-electron chi connectivity index (χ2n) is 7.84. The van der Waals surface area contributed by atoms with E-state index in [2.05, 4.69) is 42.2 Å². The van der Waals surface area contributed by atoms with Crippen molar-refractivity contribution >= 4 is 17.6 Å². The number of nitriles is 1. The average Bonchev–Trinajstić information content (AvgIpc) is 2.77. The van der Waals surface area contributed by atoms with E-state index >= 15 is 0 Å². The summed E-state index contributed by atoms with van der Waals surface area (Å²) in [7, 11) is 0. The average molecular weight is 411 g/mol. The van der Waals surface area contributed by atoms with Gasteiger partial charge in [0.1, 0.15) is 11.6 Å². The first-order valence-electron chi connectivity index (χ1n) is 10.6. The first kappa shape index (κ1) is 21.7.